The number of hydrogen-bond donors (Lipinski definition) is 1. The number of likely N-dealkylation sites (tertiary alicyclic amines) is 1. The van der Waals surface area contributed by atoms with Gasteiger partial charge in [-0.05, 0) is 62.7 Å². The lowest BCUT2D eigenvalue weighted by molar-refractivity contribution is -0.152. The summed E-state index contributed by atoms with van der Waals surface area (Å²) < 4.78 is 10.6. The van der Waals surface area contributed by atoms with E-state index in [-0.39, 0.29) is 24.3 Å². The predicted molar refractivity (Wildman–Crippen MR) is 124 cm³/mol. The van der Waals surface area contributed by atoms with Crippen LogP contribution in [0.15, 0.2) is 54.6 Å². The summed E-state index contributed by atoms with van der Waals surface area (Å²) in [6, 6.07) is 17.2. The topological polar surface area (TPSA) is 67.9 Å². The van der Waals surface area contributed by atoms with Crippen molar-refractivity contribution in [2.75, 3.05) is 38.7 Å². The zero-order chi connectivity index (χ0) is 21.4. The molecule has 7 heteroatoms. The average molecular weight is 447 g/mol. The molecule has 0 atom stereocenters. The summed E-state index contributed by atoms with van der Waals surface area (Å²) in [5.41, 5.74) is 1.17. The Bertz CT molecular complexity index is 834. The fourth-order valence-electron chi connectivity index (χ4n) is 3.95. The molecule has 0 radical (unpaired) electrons. The molecule has 1 heterocycles. The summed E-state index contributed by atoms with van der Waals surface area (Å²) in [6.07, 6.45) is 1.79. The van der Waals surface area contributed by atoms with Gasteiger partial charge in [-0.3, -0.25) is 9.59 Å². The molecular weight excluding hydrogens is 416 g/mol. The van der Waals surface area contributed by atoms with Crippen LogP contribution in [0.1, 0.15) is 31.7 Å². The van der Waals surface area contributed by atoms with Crippen molar-refractivity contribution in [3.63, 3.8) is 0 Å². The van der Waals surface area contributed by atoms with Crippen LogP contribution in [0.25, 0.3) is 0 Å². The van der Waals surface area contributed by atoms with Gasteiger partial charge in [0.2, 0.25) is 5.91 Å². The monoisotopic (exact) mass is 446 g/mol. The van der Waals surface area contributed by atoms with Crippen LogP contribution in [-0.2, 0) is 19.7 Å². The zero-order valence-corrected chi connectivity index (χ0v) is 19.0. The number of esters is 1. The summed E-state index contributed by atoms with van der Waals surface area (Å²) in [7, 11) is 1.61. The molecule has 0 unspecified atom stereocenters. The predicted octanol–water partition coefficient (Wildman–Crippen LogP) is 4.04. The van der Waals surface area contributed by atoms with Gasteiger partial charge in [0.05, 0.1) is 19.1 Å². The highest BCUT2D eigenvalue weighted by atomic mass is 35.5. The van der Waals surface area contributed by atoms with Gasteiger partial charge in [-0.25, -0.2) is 0 Å². The van der Waals surface area contributed by atoms with Gasteiger partial charge in [-0.15, -0.1) is 12.4 Å². The van der Waals surface area contributed by atoms with Crippen molar-refractivity contribution in [2.24, 2.45) is 0 Å². The third kappa shape index (κ3) is 6.21. The molecule has 0 saturated carbocycles. The molecule has 3 rings (SSSR count). The van der Waals surface area contributed by atoms with Crippen LogP contribution in [0.3, 0.4) is 0 Å². The summed E-state index contributed by atoms with van der Waals surface area (Å²) in [5, 5.41) is 2.91. The fraction of sp³-hybridized carbons (Fsp3) is 0.417. The first-order valence-electron chi connectivity index (χ1n) is 10.5. The minimum absolute atomic E-state index is 0. The van der Waals surface area contributed by atoms with E-state index in [0.29, 0.717) is 32.4 Å². The first-order chi connectivity index (χ1) is 14.6. The van der Waals surface area contributed by atoms with Crippen molar-refractivity contribution in [3.8, 4) is 5.75 Å². The van der Waals surface area contributed by atoms with Crippen LogP contribution in [0.5, 0.6) is 5.75 Å². The van der Waals surface area contributed by atoms with Crippen molar-refractivity contribution in [1.29, 1.82) is 0 Å². The molecular formula is C24H31ClN2O4. The number of nitrogens with zero attached hydrogens (tertiary/aromatic N) is 1. The maximum absolute atomic E-state index is 12.8. The minimum Gasteiger partial charge on any atom is -0.497 e. The molecule has 1 aliphatic heterocycles. The number of piperidine rings is 1. The van der Waals surface area contributed by atoms with E-state index in [9.17, 15) is 9.59 Å². The Morgan fingerprint density at radius 3 is 2.26 bits per heavy atom. The highest BCUT2D eigenvalue weighted by Crippen LogP contribution is 2.37. The zero-order valence-electron chi connectivity index (χ0n) is 18.1. The van der Waals surface area contributed by atoms with Crippen LogP contribution in [0.2, 0.25) is 0 Å². The molecule has 1 fully saturated rings. The van der Waals surface area contributed by atoms with E-state index in [4.69, 9.17) is 9.47 Å². The number of anilines is 1. The normalized spacial score (nSPS) is 15.4. The van der Waals surface area contributed by atoms with E-state index in [1.807, 2.05) is 61.5 Å². The molecule has 31 heavy (non-hydrogen) atoms. The lowest BCUT2D eigenvalue weighted by atomic mass is 9.72. The Balaban J connectivity index is 0.00000341. The number of halogens is 1. The standard InChI is InChI=1S/C24H30N2O4.ClH/c1-3-30-23(28)24(19-7-5-4-6-8-19)14-17-26(18-15-24)16-13-22(27)25-20-9-11-21(29-2)12-10-20;/h4-12H,3,13-18H2,1-2H3,(H,25,27);1H. The van der Waals surface area contributed by atoms with E-state index >= 15 is 0 Å². The Morgan fingerprint density at radius 1 is 1.03 bits per heavy atom. The molecule has 0 aromatic heterocycles. The van der Waals surface area contributed by atoms with E-state index in [1.165, 1.54) is 0 Å². The summed E-state index contributed by atoms with van der Waals surface area (Å²) >= 11 is 0. The molecule has 1 amide bonds. The van der Waals surface area contributed by atoms with Crippen molar-refractivity contribution in [1.82, 2.24) is 4.90 Å². The first-order valence-corrected chi connectivity index (χ1v) is 10.5. The molecule has 2 aromatic rings. The molecule has 1 aliphatic rings. The maximum atomic E-state index is 12.8. The highest BCUT2D eigenvalue weighted by Gasteiger charge is 2.44. The van der Waals surface area contributed by atoms with Crippen molar-refractivity contribution >= 4 is 30.0 Å². The SMILES string of the molecule is CCOC(=O)C1(c2ccccc2)CCN(CCC(=O)Nc2ccc(OC)cc2)CC1.Cl. The number of carbonyl (C=O) groups excluding carboxylic acids is 2. The maximum Gasteiger partial charge on any atom is 0.316 e. The number of rotatable bonds is 8. The summed E-state index contributed by atoms with van der Waals surface area (Å²) in [5.74, 6) is 0.586. The third-order valence-corrected chi connectivity index (χ3v) is 5.73. The molecule has 0 spiro atoms. The largest absolute Gasteiger partial charge is 0.497 e. The highest BCUT2D eigenvalue weighted by molar-refractivity contribution is 5.90. The molecule has 0 aliphatic carbocycles. The second kappa shape index (κ2) is 11.7. The third-order valence-electron chi connectivity index (χ3n) is 5.73. The Hall–Kier alpha value is -2.57. The molecule has 168 valence electrons. The second-order valence-electron chi connectivity index (χ2n) is 7.54. The van der Waals surface area contributed by atoms with Gasteiger partial charge in [0.25, 0.3) is 0 Å². The van der Waals surface area contributed by atoms with Gasteiger partial charge < -0.3 is 19.7 Å². The number of carbonyl (C=O) groups is 2. The fourth-order valence-corrected chi connectivity index (χ4v) is 3.95. The van der Waals surface area contributed by atoms with Crippen molar-refractivity contribution in [3.05, 3.63) is 60.2 Å². The number of nitrogens with one attached hydrogen (secondary N) is 1. The van der Waals surface area contributed by atoms with Gasteiger partial charge in [0.1, 0.15) is 5.75 Å². The molecule has 2 aromatic carbocycles. The second-order valence-corrected chi connectivity index (χ2v) is 7.54. The van der Waals surface area contributed by atoms with Crippen molar-refractivity contribution < 1.29 is 19.1 Å². The number of amides is 1. The average Bonchev–Trinajstić information content (AvgIpc) is 2.79. The van der Waals surface area contributed by atoms with E-state index in [1.54, 1.807) is 7.11 Å². The lowest BCUT2D eigenvalue weighted by Gasteiger charge is -2.40. The van der Waals surface area contributed by atoms with Crippen molar-refractivity contribution in [2.45, 2.75) is 31.6 Å². The van der Waals surface area contributed by atoms with E-state index < -0.39 is 5.41 Å². The van der Waals surface area contributed by atoms with Gasteiger partial charge in [0.15, 0.2) is 0 Å². The number of methoxy groups -OCH3 is 1. The first kappa shape index (κ1) is 24.7. The summed E-state index contributed by atoms with van der Waals surface area (Å²) in [6.45, 7) is 4.39. The van der Waals surface area contributed by atoms with Crippen LogP contribution < -0.4 is 10.1 Å². The van der Waals surface area contributed by atoms with Crippen LogP contribution in [0.4, 0.5) is 5.69 Å². The molecule has 0 bridgehead atoms. The van der Waals surface area contributed by atoms with Gasteiger partial charge in [-0.1, -0.05) is 30.3 Å². The number of hydrogen-bond acceptors (Lipinski definition) is 5. The molecule has 1 N–H and O–H groups in total. The van der Waals surface area contributed by atoms with Crippen LogP contribution in [-0.4, -0.2) is 50.1 Å². The number of ether oxygens (including phenoxy) is 2. The van der Waals surface area contributed by atoms with Crippen LogP contribution in [0, 0.1) is 0 Å². The smallest absolute Gasteiger partial charge is 0.316 e. The van der Waals surface area contributed by atoms with Gasteiger partial charge >= 0.3 is 5.97 Å². The quantitative estimate of drug-likeness (QED) is 0.620. The van der Waals surface area contributed by atoms with Gasteiger partial charge in [0, 0.05) is 18.7 Å². The summed E-state index contributed by atoms with van der Waals surface area (Å²) in [4.78, 5) is 27.4. The van der Waals surface area contributed by atoms with E-state index in [2.05, 4.69) is 10.2 Å². The molecule has 1 saturated heterocycles. The minimum atomic E-state index is -0.598. The van der Waals surface area contributed by atoms with E-state index in [0.717, 1.165) is 30.1 Å². The Morgan fingerprint density at radius 2 is 1.68 bits per heavy atom. The van der Waals surface area contributed by atoms with Crippen LogP contribution >= 0.6 is 12.4 Å². The molecule has 6 nitrogen and oxygen atoms in total. The van der Waals surface area contributed by atoms with Gasteiger partial charge in [-0.2, -0.15) is 0 Å². The Labute approximate surface area is 190 Å². The lowest BCUT2D eigenvalue weighted by Crippen LogP contribution is -2.48. The number of benzene rings is 2. The Kier molecular flexibility index (Phi) is 9.34.